The number of anilines is 1. The lowest BCUT2D eigenvalue weighted by molar-refractivity contribution is -0.115. The Bertz CT molecular complexity index is 698. The highest BCUT2D eigenvalue weighted by Crippen LogP contribution is 2.16. The van der Waals surface area contributed by atoms with Gasteiger partial charge in [0.25, 0.3) is 0 Å². The van der Waals surface area contributed by atoms with Gasteiger partial charge in [0, 0.05) is 10.7 Å². The van der Waals surface area contributed by atoms with Crippen molar-refractivity contribution in [2.75, 3.05) is 5.32 Å². The number of amides is 1. The van der Waals surface area contributed by atoms with Crippen molar-refractivity contribution in [3.63, 3.8) is 0 Å². The van der Waals surface area contributed by atoms with Crippen molar-refractivity contribution < 1.29 is 14.7 Å². The van der Waals surface area contributed by atoms with Crippen LogP contribution in [0.2, 0.25) is 5.02 Å². The van der Waals surface area contributed by atoms with Crippen LogP contribution >= 0.6 is 11.6 Å². The fraction of sp³-hybridized carbons (Fsp3) is 0.125. The van der Waals surface area contributed by atoms with E-state index in [0.29, 0.717) is 16.3 Å². The highest BCUT2D eigenvalue weighted by Gasteiger charge is 2.10. The summed E-state index contributed by atoms with van der Waals surface area (Å²) in [5.74, 6) is -1.24. The number of carbonyl (C=O) groups excluding carboxylic acids is 1. The largest absolute Gasteiger partial charge is 0.478 e. The second-order valence-electron chi connectivity index (χ2n) is 4.69. The van der Waals surface area contributed by atoms with Crippen molar-refractivity contribution in [3.05, 3.63) is 64.2 Å². The van der Waals surface area contributed by atoms with Gasteiger partial charge in [0.15, 0.2) is 0 Å². The molecule has 0 saturated heterocycles. The van der Waals surface area contributed by atoms with Crippen molar-refractivity contribution in [2.24, 2.45) is 0 Å². The molecule has 5 heteroatoms. The minimum absolute atomic E-state index is 0.176. The number of aryl methyl sites for hydroxylation is 1. The van der Waals surface area contributed by atoms with Crippen LogP contribution in [0.5, 0.6) is 0 Å². The summed E-state index contributed by atoms with van der Waals surface area (Å²) in [6, 6.07) is 11.8. The van der Waals surface area contributed by atoms with E-state index in [1.54, 1.807) is 37.3 Å². The number of carboxylic acids is 1. The molecular formula is C16H14ClNO3. The maximum Gasteiger partial charge on any atom is 0.336 e. The molecule has 2 N–H and O–H groups in total. The second-order valence-corrected chi connectivity index (χ2v) is 5.13. The lowest BCUT2D eigenvalue weighted by Gasteiger charge is -2.08. The lowest BCUT2D eigenvalue weighted by atomic mass is 10.1. The SMILES string of the molecule is Cc1ccc(NC(=O)Cc2cccc(Cl)c2)cc1C(=O)O. The average Bonchev–Trinajstić information content (AvgIpc) is 2.40. The third-order valence-corrected chi connectivity index (χ3v) is 3.24. The summed E-state index contributed by atoms with van der Waals surface area (Å²) < 4.78 is 0. The molecule has 0 aliphatic rings. The van der Waals surface area contributed by atoms with Gasteiger partial charge in [-0.15, -0.1) is 0 Å². The molecule has 2 aromatic rings. The molecule has 0 radical (unpaired) electrons. The number of halogens is 1. The summed E-state index contributed by atoms with van der Waals surface area (Å²) in [4.78, 5) is 23.0. The van der Waals surface area contributed by atoms with Gasteiger partial charge in [0.2, 0.25) is 5.91 Å². The van der Waals surface area contributed by atoms with Crippen LogP contribution in [0.25, 0.3) is 0 Å². The van der Waals surface area contributed by atoms with Gasteiger partial charge in [-0.3, -0.25) is 4.79 Å². The van der Waals surface area contributed by atoms with Gasteiger partial charge in [-0.2, -0.15) is 0 Å². The maximum absolute atomic E-state index is 12.0. The predicted octanol–water partition coefficient (Wildman–Crippen LogP) is 3.53. The first-order valence-corrected chi connectivity index (χ1v) is 6.72. The van der Waals surface area contributed by atoms with Crippen LogP contribution in [0.3, 0.4) is 0 Å². The van der Waals surface area contributed by atoms with E-state index >= 15 is 0 Å². The van der Waals surface area contributed by atoms with Crippen LogP contribution in [0, 0.1) is 6.92 Å². The quantitative estimate of drug-likeness (QED) is 0.908. The van der Waals surface area contributed by atoms with Crippen molar-refractivity contribution in [2.45, 2.75) is 13.3 Å². The van der Waals surface area contributed by atoms with Gasteiger partial charge < -0.3 is 10.4 Å². The molecule has 0 fully saturated rings. The third kappa shape index (κ3) is 4.07. The second kappa shape index (κ2) is 6.41. The van der Waals surface area contributed by atoms with E-state index in [1.165, 1.54) is 6.07 Å². The van der Waals surface area contributed by atoms with E-state index < -0.39 is 5.97 Å². The minimum Gasteiger partial charge on any atom is -0.478 e. The van der Waals surface area contributed by atoms with Crippen LogP contribution in [-0.2, 0) is 11.2 Å². The zero-order chi connectivity index (χ0) is 15.4. The molecule has 0 spiro atoms. The van der Waals surface area contributed by atoms with E-state index in [4.69, 9.17) is 16.7 Å². The Morgan fingerprint density at radius 3 is 2.62 bits per heavy atom. The molecule has 0 aliphatic heterocycles. The molecule has 0 bridgehead atoms. The van der Waals surface area contributed by atoms with E-state index in [-0.39, 0.29) is 17.9 Å². The fourth-order valence-electron chi connectivity index (χ4n) is 1.97. The monoisotopic (exact) mass is 303 g/mol. The van der Waals surface area contributed by atoms with Crippen LogP contribution in [0.15, 0.2) is 42.5 Å². The minimum atomic E-state index is -1.02. The summed E-state index contributed by atoms with van der Waals surface area (Å²) in [6.45, 7) is 1.71. The first-order valence-electron chi connectivity index (χ1n) is 6.34. The highest BCUT2D eigenvalue weighted by atomic mass is 35.5. The number of carbonyl (C=O) groups is 2. The molecule has 0 atom stereocenters. The van der Waals surface area contributed by atoms with Crippen molar-refractivity contribution >= 4 is 29.2 Å². The number of carboxylic acid groups (broad SMARTS) is 1. The molecule has 0 unspecified atom stereocenters. The van der Waals surface area contributed by atoms with Gasteiger partial charge in [0.05, 0.1) is 12.0 Å². The van der Waals surface area contributed by atoms with Crippen LogP contribution in [0.1, 0.15) is 21.5 Å². The van der Waals surface area contributed by atoms with Crippen molar-refractivity contribution in [3.8, 4) is 0 Å². The zero-order valence-electron chi connectivity index (χ0n) is 11.4. The van der Waals surface area contributed by atoms with Gasteiger partial charge in [-0.25, -0.2) is 4.79 Å². The summed E-state index contributed by atoms with van der Waals surface area (Å²) in [5, 5.41) is 12.3. The molecule has 108 valence electrons. The summed E-state index contributed by atoms with van der Waals surface area (Å²) >= 11 is 5.86. The fourth-order valence-corrected chi connectivity index (χ4v) is 2.18. The van der Waals surface area contributed by atoms with Gasteiger partial charge in [-0.1, -0.05) is 29.8 Å². The number of hydrogen-bond acceptors (Lipinski definition) is 2. The van der Waals surface area contributed by atoms with Crippen LogP contribution in [0.4, 0.5) is 5.69 Å². The van der Waals surface area contributed by atoms with Gasteiger partial charge in [-0.05, 0) is 42.3 Å². The molecule has 2 rings (SSSR count). The average molecular weight is 304 g/mol. The summed E-state index contributed by atoms with van der Waals surface area (Å²) in [5.41, 5.74) is 2.08. The number of nitrogens with one attached hydrogen (secondary N) is 1. The van der Waals surface area contributed by atoms with E-state index in [9.17, 15) is 9.59 Å². The third-order valence-electron chi connectivity index (χ3n) is 3.01. The Hall–Kier alpha value is -2.33. The molecule has 1 amide bonds. The number of aromatic carboxylic acids is 1. The molecule has 0 aromatic heterocycles. The van der Waals surface area contributed by atoms with Gasteiger partial charge >= 0.3 is 5.97 Å². The standard InChI is InChI=1S/C16H14ClNO3/c1-10-5-6-13(9-14(10)16(20)21)18-15(19)8-11-3-2-4-12(17)7-11/h2-7,9H,8H2,1H3,(H,18,19)(H,20,21). The first-order chi connectivity index (χ1) is 9.95. The van der Waals surface area contributed by atoms with E-state index in [0.717, 1.165) is 5.56 Å². The Labute approximate surface area is 127 Å². The molecule has 0 aliphatic carbocycles. The predicted molar refractivity (Wildman–Crippen MR) is 81.9 cm³/mol. The molecule has 0 heterocycles. The normalized spacial score (nSPS) is 10.2. The Morgan fingerprint density at radius 1 is 1.19 bits per heavy atom. The number of rotatable bonds is 4. The maximum atomic E-state index is 12.0. The molecule has 21 heavy (non-hydrogen) atoms. The first kappa shape index (κ1) is 15.1. The van der Waals surface area contributed by atoms with Crippen LogP contribution < -0.4 is 5.32 Å². The van der Waals surface area contributed by atoms with Crippen LogP contribution in [-0.4, -0.2) is 17.0 Å². The van der Waals surface area contributed by atoms with Gasteiger partial charge in [0.1, 0.15) is 0 Å². The topological polar surface area (TPSA) is 66.4 Å². The summed E-state index contributed by atoms with van der Waals surface area (Å²) in [7, 11) is 0. The molecule has 0 saturated carbocycles. The zero-order valence-corrected chi connectivity index (χ0v) is 12.1. The smallest absolute Gasteiger partial charge is 0.336 e. The lowest BCUT2D eigenvalue weighted by Crippen LogP contribution is -2.15. The molecular weight excluding hydrogens is 290 g/mol. The summed E-state index contributed by atoms with van der Waals surface area (Å²) in [6.07, 6.45) is 0.177. The van der Waals surface area contributed by atoms with Crippen molar-refractivity contribution in [1.82, 2.24) is 0 Å². The number of hydrogen-bond donors (Lipinski definition) is 2. The Balaban J connectivity index is 2.09. The van der Waals surface area contributed by atoms with E-state index in [1.807, 2.05) is 6.07 Å². The number of benzene rings is 2. The Kier molecular flexibility index (Phi) is 4.60. The highest BCUT2D eigenvalue weighted by molar-refractivity contribution is 6.30. The molecule has 2 aromatic carbocycles. The Morgan fingerprint density at radius 2 is 1.95 bits per heavy atom. The molecule has 4 nitrogen and oxygen atoms in total. The van der Waals surface area contributed by atoms with Crippen molar-refractivity contribution in [1.29, 1.82) is 0 Å². The van der Waals surface area contributed by atoms with E-state index in [2.05, 4.69) is 5.32 Å².